The number of methoxy groups -OCH3 is 1. The van der Waals surface area contributed by atoms with Crippen molar-refractivity contribution in [1.29, 1.82) is 0 Å². The highest BCUT2D eigenvalue weighted by Crippen LogP contribution is 2.26. The minimum atomic E-state index is -0.453. The molecule has 17 heavy (non-hydrogen) atoms. The third-order valence-corrected chi connectivity index (χ3v) is 4.12. The van der Waals surface area contributed by atoms with Crippen LogP contribution >= 0.6 is 0 Å². The van der Waals surface area contributed by atoms with E-state index in [1.807, 2.05) is 0 Å². The second-order valence-electron chi connectivity index (χ2n) is 5.54. The van der Waals surface area contributed by atoms with Crippen molar-refractivity contribution >= 4 is 5.97 Å². The fraction of sp³-hybridized carbons (Fsp3) is 0.923. The zero-order chi connectivity index (χ0) is 12.3. The standard InChI is InChI=1S/C13H24N2O2/c1-15-9-8-13(10-15,12(16)17-2)14-11-6-4-3-5-7-11/h11,14H,3-10H2,1-2H3. The minimum absolute atomic E-state index is 0.0903. The number of ether oxygens (including phenoxy) is 1. The molecular formula is C13H24N2O2. The molecule has 4 nitrogen and oxygen atoms in total. The Morgan fingerprint density at radius 3 is 2.59 bits per heavy atom. The van der Waals surface area contributed by atoms with Crippen LogP contribution in [-0.4, -0.2) is 49.7 Å². The van der Waals surface area contributed by atoms with Crippen LogP contribution in [0.3, 0.4) is 0 Å². The summed E-state index contributed by atoms with van der Waals surface area (Å²) in [5, 5.41) is 3.60. The largest absolute Gasteiger partial charge is 0.468 e. The van der Waals surface area contributed by atoms with Crippen molar-refractivity contribution in [3.63, 3.8) is 0 Å². The Balaban J connectivity index is 2.02. The van der Waals surface area contributed by atoms with Gasteiger partial charge in [-0.1, -0.05) is 19.3 Å². The number of nitrogens with zero attached hydrogens (tertiary/aromatic N) is 1. The summed E-state index contributed by atoms with van der Waals surface area (Å²) in [6.07, 6.45) is 7.16. The first-order valence-electron chi connectivity index (χ1n) is 6.71. The fourth-order valence-electron chi connectivity index (χ4n) is 3.18. The number of carbonyl (C=O) groups excluding carboxylic acids is 1. The van der Waals surface area contributed by atoms with Crippen LogP contribution in [0.15, 0.2) is 0 Å². The summed E-state index contributed by atoms with van der Waals surface area (Å²) in [6.45, 7) is 1.74. The average molecular weight is 240 g/mol. The number of rotatable bonds is 3. The maximum Gasteiger partial charge on any atom is 0.327 e. The number of likely N-dealkylation sites (tertiary alicyclic amines) is 1. The lowest BCUT2D eigenvalue weighted by atomic mass is 9.90. The Kier molecular flexibility index (Phi) is 4.05. The monoisotopic (exact) mass is 240 g/mol. The SMILES string of the molecule is COC(=O)C1(NC2CCCCC2)CCN(C)C1. The second kappa shape index (κ2) is 5.36. The zero-order valence-corrected chi connectivity index (χ0v) is 11.0. The van der Waals surface area contributed by atoms with Gasteiger partial charge in [0.15, 0.2) is 0 Å². The van der Waals surface area contributed by atoms with E-state index in [4.69, 9.17) is 4.74 Å². The van der Waals surface area contributed by atoms with Crippen molar-refractivity contribution in [3.05, 3.63) is 0 Å². The number of esters is 1. The van der Waals surface area contributed by atoms with Gasteiger partial charge >= 0.3 is 5.97 Å². The molecule has 1 saturated carbocycles. The summed E-state index contributed by atoms with van der Waals surface area (Å²) in [6, 6.07) is 0.495. The molecule has 2 rings (SSSR count). The molecule has 0 aromatic carbocycles. The van der Waals surface area contributed by atoms with Crippen molar-refractivity contribution in [2.75, 3.05) is 27.2 Å². The highest BCUT2D eigenvalue weighted by molar-refractivity contribution is 5.81. The summed E-state index contributed by atoms with van der Waals surface area (Å²) in [5.41, 5.74) is -0.453. The molecule has 2 fully saturated rings. The predicted molar refractivity (Wildman–Crippen MR) is 66.9 cm³/mol. The van der Waals surface area contributed by atoms with Gasteiger partial charge in [-0.2, -0.15) is 0 Å². The highest BCUT2D eigenvalue weighted by Gasteiger charge is 2.45. The van der Waals surface area contributed by atoms with Crippen LogP contribution in [0.2, 0.25) is 0 Å². The van der Waals surface area contributed by atoms with Gasteiger partial charge in [0.25, 0.3) is 0 Å². The van der Waals surface area contributed by atoms with Gasteiger partial charge in [0.05, 0.1) is 7.11 Å². The van der Waals surface area contributed by atoms with Crippen molar-refractivity contribution in [2.24, 2.45) is 0 Å². The zero-order valence-electron chi connectivity index (χ0n) is 11.0. The van der Waals surface area contributed by atoms with Crippen molar-refractivity contribution < 1.29 is 9.53 Å². The van der Waals surface area contributed by atoms with Gasteiger partial charge in [0, 0.05) is 19.1 Å². The molecule has 0 aromatic rings. The summed E-state index contributed by atoms with van der Waals surface area (Å²) in [7, 11) is 3.55. The molecule has 0 radical (unpaired) electrons. The van der Waals surface area contributed by atoms with E-state index < -0.39 is 5.54 Å². The molecule has 0 spiro atoms. The topological polar surface area (TPSA) is 41.6 Å². The van der Waals surface area contributed by atoms with Crippen molar-refractivity contribution in [3.8, 4) is 0 Å². The van der Waals surface area contributed by atoms with E-state index in [-0.39, 0.29) is 5.97 Å². The van der Waals surface area contributed by atoms with E-state index in [1.165, 1.54) is 39.2 Å². The maximum atomic E-state index is 12.0. The molecular weight excluding hydrogens is 216 g/mol. The fourth-order valence-corrected chi connectivity index (χ4v) is 3.18. The normalized spacial score (nSPS) is 31.6. The Hall–Kier alpha value is -0.610. The summed E-state index contributed by atoms with van der Waals surface area (Å²) in [4.78, 5) is 14.2. The van der Waals surface area contributed by atoms with Gasteiger partial charge in [-0.25, -0.2) is 0 Å². The van der Waals surface area contributed by atoms with Gasteiger partial charge in [-0.05, 0) is 26.3 Å². The quantitative estimate of drug-likeness (QED) is 0.752. The lowest BCUT2D eigenvalue weighted by molar-refractivity contribution is -0.148. The molecule has 0 aromatic heterocycles. The van der Waals surface area contributed by atoms with Gasteiger partial charge in [-0.15, -0.1) is 0 Å². The van der Waals surface area contributed by atoms with Crippen LogP contribution in [-0.2, 0) is 9.53 Å². The highest BCUT2D eigenvalue weighted by atomic mass is 16.5. The number of likely N-dealkylation sites (N-methyl/N-ethyl adjacent to an activating group) is 1. The first-order chi connectivity index (χ1) is 8.16. The third-order valence-electron chi connectivity index (χ3n) is 4.12. The van der Waals surface area contributed by atoms with Crippen LogP contribution in [0.25, 0.3) is 0 Å². The molecule has 1 aliphatic carbocycles. The molecule has 1 heterocycles. The second-order valence-corrected chi connectivity index (χ2v) is 5.54. The molecule has 2 aliphatic rings. The predicted octanol–water partition coefficient (Wildman–Crippen LogP) is 1.16. The number of hydrogen-bond acceptors (Lipinski definition) is 4. The molecule has 1 N–H and O–H groups in total. The van der Waals surface area contributed by atoms with Crippen molar-refractivity contribution in [1.82, 2.24) is 10.2 Å². The summed E-state index contributed by atoms with van der Waals surface area (Å²) >= 11 is 0. The van der Waals surface area contributed by atoms with E-state index in [2.05, 4.69) is 17.3 Å². The molecule has 0 bridgehead atoms. The van der Waals surface area contributed by atoms with E-state index in [9.17, 15) is 4.79 Å². The molecule has 1 saturated heterocycles. The Labute approximate surface area is 104 Å². The lowest BCUT2D eigenvalue weighted by Crippen LogP contribution is -2.58. The molecule has 0 amide bonds. The molecule has 1 atom stereocenters. The van der Waals surface area contributed by atoms with E-state index >= 15 is 0 Å². The van der Waals surface area contributed by atoms with Crippen LogP contribution < -0.4 is 5.32 Å². The molecule has 1 unspecified atom stereocenters. The molecule has 4 heteroatoms. The van der Waals surface area contributed by atoms with E-state index in [1.54, 1.807) is 0 Å². The van der Waals surface area contributed by atoms with E-state index in [0.29, 0.717) is 6.04 Å². The first kappa shape index (κ1) is 12.8. The van der Waals surface area contributed by atoms with Gasteiger partial charge in [0.2, 0.25) is 0 Å². The van der Waals surface area contributed by atoms with Crippen LogP contribution in [0.4, 0.5) is 0 Å². The van der Waals surface area contributed by atoms with E-state index in [0.717, 1.165) is 19.5 Å². The summed E-state index contributed by atoms with van der Waals surface area (Å²) < 4.78 is 5.00. The molecule has 1 aliphatic heterocycles. The average Bonchev–Trinajstić information content (AvgIpc) is 2.72. The van der Waals surface area contributed by atoms with Gasteiger partial charge in [-0.3, -0.25) is 10.1 Å². The number of hydrogen-bond donors (Lipinski definition) is 1. The van der Waals surface area contributed by atoms with Gasteiger partial charge in [0.1, 0.15) is 5.54 Å². The third kappa shape index (κ3) is 2.80. The smallest absolute Gasteiger partial charge is 0.327 e. The van der Waals surface area contributed by atoms with Crippen LogP contribution in [0.5, 0.6) is 0 Å². The van der Waals surface area contributed by atoms with Crippen LogP contribution in [0, 0.1) is 0 Å². The van der Waals surface area contributed by atoms with Gasteiger partial charge < -0.3 is 9.64 Å². The molecule has 98 valence electrons. The lowest BCUT2D eigenvalue weighted by Gasteiger charge is -2.34. The Morgan fingerprint density at radius 1 is 1.35 bits per heavy atom. The number of carbonyl (C=O) groups is 1. The maximum absolute atomic E-state index is 12.0. The Morgan fingerprint density at radius 2 is 2.06 bits per heavy atom. The van der Waals surface area contributed by atoms with Crippen molar-refractivity contribution in [2.45, 2.75) is 50.1 Å². The number of nitrogens with one attached hydrogen (secondary N) is 1. The minimum Gasteiger partial charge on any atom is -0.468 e. The first-order valence-corrected chi connectivity index (χ1v) is 6.71. The Bertz CT molecular complexity index is 277. The summed E-state index contributed by atoms with van der Waals surface area (Å²) in [5.74, 6) is -0.0903. The van der Waals surface area contributed by atoms with Crippen LogP contribution in [0.1, 0.15) is 38.5 Å².